The van der Waals surface area contributed by atoms with Gasteiger partial charge in [0, 0.05) is 24.3 Å². The van der Waals surface area contributed by atoms with Crippen molar-refractivity contribution in [2.45, 2.75) is 32.2 Å². The molecule has 1 amide bonds. The van der Waals surface area contributed by atoms with Crippen LogP contribution in [0, 0.1) is 0 Å². The summed E-state index contributed by atoms with van der Waals surface area (Å²) < 4.78 is 10.4. The minimum Gasteiger partial charge on any atom is -0.493 e. The third kappa shape index (κ3) is 2.53. The van der Waals surface area contributed by atoms with E-state index in [0.717, 1.165) is 25.8 Å². The number of nitrogens with two attached hydrogens (primary N) is 1. The maximum absolute atomic E-state index is 12.7. The van der Waals surface area contributed by atoms with Gasteiger partial charge in [-0.25, -0.2) is 0 Å². The fourth-order valence-electron chi connectivity index (χ4n) is 2.76. The van der Waals surface area contributed by atoms with Crippen LogP contribution in [0.4, 0.5) is 5.69 Å². The third-order valence-corrected chi connectivity index (χ3v) is 3.90. The number of nitrogen functional groups attached to an aromatic ring is 1. The zero-order valence-electron chi connectivity index (χ0n) is 12.3. The number of ether oxygens (including phenoxy) is 2. The summed E-state index contributed by atoms with van der Waals surface area (Å²) in [6.45, 7) is 2.90. The van der Waals surface area contributed by atoms with E-state index >= 15 is 0 Å². The Morgan fingerprint density at radius 2 is 2.00 bits per heavy atom. The van der Waals surface area contributed by atoms with Gasteiger partial charge in [-0.1, -0.05) is 6.92 Å². The number of carbonyl (C=O) groups excluding carboxylic acids is 1. The summed E-state index contributed by atoms with van der Waals surface area (Å²) in [7, 11) is 3.10. The molecule has 1 unspecified atom stereocenters. The molecule has 1 saturated heterocycles. The monoisotopic (exact) mass is 278 g/mol. The van der Waals surface area contributed by atoms with Gasteiger partial charge >= 0.3 is 0 Å². The van der Waals surface area contributed by atoms with Crippen molar-refractivity contribution >= 4 is 11.6 Å². The molecule has 0 spiro atoms. The van der Waals surface area contributed by atoms with Crippen molar-refractivity contribution in [1.82, 2.24) is 4.90 Å². The first-order chi connectivity index (χ1) is 9.62. The van der Waals surface area contributed by atoms with Crippen LogP contribution in [0.3, 0.4) is 0 Å². The molecule has 2 N–H and O–H groups in total. The van der Waals surface area contributed by atoms with Crippen LogP contribution in [0.2, 0.25) is 0 Å². The lowest BCUT2D eigenvalue weighted by atomic mass is 10.1. The maximum atomic E-state index is 12.7. The molecule has 1 heterocycles. The Balaban J connectivity index is 2.34. The Hall–Kier alpha value is -1.91. The van der Waals surface area contributed by atoms with Gasteiger partial charge in [-0.3, -0.25) is 4.79 Å². The molecule has 0 aromatic heterocycles. The molecule has 5 heteroatoms. The number of carbonyl (C=O) groups is 1. The summed E-state index contributed by atoms with van der Waals surface area (Å²) in [4.78, 5) is 14.6. The number of anilines is 1. The minimum atomic E-state index is -0.0206. The van der Waals surface area contributed by atoms with Gasteiger partial charge in [0.25, 0.3) is 5.91 Å². The normalized spacial score (nSPS) is 18.1. The highest BCUT2D eigenvalue weighted by Crippen LogP contribution is 2.33. The topological polar surface area (TPSA) is 64.8 Å². The molecule has 1 aliphatic heterocycles. The SMILES string of the molecule is CCC1CCCN1C(=O)c1cc(OC)c(OC)cc1N. The second-order valence-electron chi connectivity index (χ2n) is 5.00. The number of amides is 1. The number of benzene rings is 1. The number of nitrogens with zero attached hydrogens (tertiary/aromatic N) is 1. The molecule has 5 nitrogen and oxygen atoms in total. The molecule has 2 rings (SSSR count). The van der Waals surface area contributed by atoms with Gasteiger partial charge in [-0.05, 0) is 25.3 Å². The van der Waals surface area contributed by atoms with Crippen molar-refractivity contribution in [3.05, 3.63) is 17.7 Å². The van der Waals surface area contributed by atoms with Crippen molar-refractivity contribution in [1.29, 1.82) is 0 Å². The largest absolute Gasteiger partial charge is 0.493 e. The minimum absolute atomic E-state index is 0.0206. The maximum Gasteiger partial charge on any atom is 0.256 e. The highest BCUT2D eigenvalue weighted by Gasteiger charge is 2.29. The summed E-state index contributed by atoms with van der Waals surface area (Å²) in [6.07, 6.45) is 3.09. The molecule has 1 aliphatic rings. The van der Waals surface area contributed by atoms with Gasteiger partial charge in [-0.2, -0.15) is 0 Å². The molecule has 1 fully saturated rings. The van der Waals surface area contributed by atoms with E-state index in [1.54, 1.807) is 26.4 Å². The molecular formula is C15H22N2O3. The van der Waals surface area contributed by atoms with E-state index < -0.39 is 0 Å². The van der Waals surface area contributed by atoms with E-state index in [4.69, 9.17) is 15.2 Å². The van der Waals surface area contributed by atoms with E-state index in [-0.39, 0.29) is 5.91 Å². The molecule has 0 bridgehead atoms. The number of rotatable bonds is 4. The summed E-state index contributed by atoms with van der Waals surface area (Å²) in [6, 6.07) is 3.62. The number of likely N-dealkylation sites (tertiary alicyclic amines) is 1. The average Bonchev–Trinajstić information content (AvgIpc) is 2.94. The second kappa shape index (κ2) is 6.03. The van der Waals surface area contributed by atoms with Gasteiger partial charge in [0.1, 0.15) is 0 Å². The molecule has 20 heavy (non-hydrogen) atoms. The fourth-order valence-corrected chi connectivity index (χ4v) is 2.76. The molecule has 0 saturated carbocycles. The van der Waals surface area contributed by atoms with Crippen molar-refractivity contribution in [3.8, 4) is 11.5 Å². The molecule has 1 atom stereocenters. The summed E-state index contributed by atoms with van der Waals surface area (Å²) in [5, 5.41) is 0. The van der Waals surface area contributed by atoms with E-state index in [0.29, 0.717) is 28.8 Å². The second-order valence-corrected chi connectivity index (χ2v) is 5.00. The highest BCUT2D eigenvalue weighted by molar-refractivity contribution is 6.00. The van der Waals surface area contributed by atoms with Gasteiger partial charge < -0.3 is 20.1 Å². The van der Waals surface area contributed by atoms with Crippen LogP contribution in [0.1, 0.15) is 36.5 Å². The fraction of sp³-hybridized carbons (Fsp3) is 0.533. The van der Waals surface area contributed by atoms with E-state index in [1.807, 2.05) is 4.90 Å². The number of hydrogen-bond donors (Lipinski definition) is 1. The summed E-state index contributed by atoms with van der Waals surface area (Å²) >= 11 is 0. The molecule has 110 valence electrons. The van der Waals surface area contributed by atoms with Crippen LogP contribution < -0.4 is 15.2 Å². The standard InChI is InChI=1S/C15H22N2O3/c1-4-10-6-5-7-17(10)15(18)11-8-13(19-2)14(20-3)9-12(11)16/h8-10H,4-7,16H2,1-3H3. The Morgan fingerprint density at radius 3 is 2.60 bits per heavy atom. The predicted octanol–water partition coefficient (Wildman–Crippen LogP) is 2.30. The molecule has 1 aromatic rings. The molecular weight excluding hydrogens is 256 g/mol. The van der Waals surface area contributed by atoms with Crippen LogP contribution in [-0.2, 0) is 0 Å². The first-order valence-corrected chi connectivity index (χ1v) is 6.94. The van der Waals surface area contributed by atoms with Crippen molar-refractivity contribution in [3.63, 3.8) is 0 Å². The van der Waals surface area contributed by atoms with Gasteiger partial charge in [-0.15, -0.1) is 0 Å². The van der Waals surface area contributed by atoms with Crippen molar-refractivity contribution in [2.75, 3.05) is 26.5 Å². The lowest BCUT2D eigenvalue weighted by Crippen LogP contribution is -2.35. The molecule has 0 aliphatic carbocycles. The average molecular weight is 278 g/mol. The number of hydrogen-bond acceptors (Lipinski definition) is 4. The van der Waals surface area contributed by atoms with Crippen molar-refractivity contribution < 1.29 is 14.3 Å². The van der Waals surface area contributed by atoms with Crippen LogP contribution in [0.5, 0.6) is 11.5 Å². The smallest absolute Gasteiger partial charge is 0.256 e. The molecule has 1 aromatic carbocycles. The summed E-state index contributed by atoms with van der Waals surface area (Å²) in [5.41, 5.74) is 6.91. The molecule has 0 radical (unpaired) electrons. The Bertz CT molecular complexity index is 502. The summed E-state index contributed by atoms with van der Waals surface area (Å²) in [5.74, 6) is 1.04. The van der Waals surface area contributed by atoms with Crippen LogP contribution in [0.25, 0.3) is 0 Å². The quantitative estimate of drug-likeness (QED) is 0.858. The van der Waals surface area contributed by atoms with Crippen molar-refractivity contribution in [2.24, 2.45) is 0 Å². The predicted molar refractivity (Wildman–Crippen MR) is 78.3 cm³/mol. The third-order valence-electron chi connectivity index (χ3n) is 3.90. The lowest BCUT2D eigenvalue weighted by Gasteiger charge is -2.24. The number of methoxy groups -OCH3 is 2. The lowest BCUT2D eigenvalue weighted by molar-refractivity contribution is 0.0734. The van der Waals surface area contributed by atoms with Gasteiger partial charge in [0.15, 0.2) is 11.5 Å². The van der Waals surface area contributed by atoms with Gasteiger partial charge in [0.05, 0.1) is 19.8 Å². The van der Waals surface area contributed by atoms with E-state index in [9.17, 15) is 4.79 Å². The van der Waals surface area contributed by atoms with E-state index in [2.05, 4.69) is 6.92 Å². The Labute approximate surface area is 119 Å². The Morgan fingerprint density at radius 1 is 1.35 bits per heavy atom. The van der Waals surface area contributed by atoms with Crippen LogP contribution in [0.15, 0.2) is 12.1 Å². The zero-order valence-corrected chi connectivity index (χ0v) is 12.3. The highest BCUT2D eigenvalue weighted by atomic mass is 16.5. The first kappa shape index (κ1) is 14.5. The van der Waals surface area contributed by atoms with Gasteiger partial charge in [0.2, 0.25) is 0 Å². The van der Waals surface area contributed by atoms with Crippen LogP contribution >= 0.6 is 0 Å². The zero-order chi connectivity index (χ0) is 14.7. The Kier molecular flexibility index (Phi) is 4.37. The van der Waals surface area contributed by atoms with Crippen LogP contribution in [-0.4, -0.2) is 37.6 Å². The first-order valence-electron chi connectivity index (χ1n) is 6.94. The van der Waals surface area contributed by atoms with E-state index in [1.165, 1.54) is 0 Å².